The largest absolute Gasteiger partial charge is 0.497 e. The minimum atomic E-state index is -2.47. The minimum absolute atomic E-state index is 0.0217. The summed E-state index contributed by atoms with van der Waals surface area (Å²) in [6.45, 7) is 10.7. The quantitative estimate of drug-likeness (QED) is 0.147. The second kappa shape index (κ2) is 17.5. The molecule has 1 spiro atoms. The van der Waals surface area contributed by atoms with Crippen molar-refractivity contribution >= 4 is 48.0 Å². The summed E-state index contributed by atoms with van der Waals surface area (Å²) < 4.78 is 14.9. The first-order chi connectivity index (χ1) is 30.5. The van der Waals surface area contributed by atoms with Crippen LogP contribution in [-0.2, 0) is 37.8 Å². The Labute approximate surface area is 369 Å². The van der Waals surface area contributed by atoms with Crippen LogP contribution in [0.2, 0.25) is 18.6 Å². The molecule has 0 aliphatic carbocycles. The molecule has 5 aromatic rings. The van der Waals surface area contributed by atoms with Crippen molar-refractivity contribution < 1.29 is 29.0 Å². The van der Waals surface area contributed by atoms with Gasteiger partial charge in [0.05, 0.1) is 64.8 Å². The van der Waals surface area contributed by atoms with Gasteiger partial charge in [0.15, 0.2) is 5.60 Å². The number of piperazine rings is 2. The third-order valence-corrected chi connectivity index (χ3v) is 18.2. The summed E-state index contributed by atoms with van der Waals surface area (Å²) in [7, 11) is -0.806. The molecule has 4 aromatic carbocycles. The second-order valence-corrected chi connectivity index (χ2v) is 22.4. The second-order valence-electron chi connectivity index (χ2n) is 17.7. The first kappa shape index (κ1) is 42.6. The van der Waals surface area contributed by atoms with Crippen LogP contribution in [0.4, 0.5) is 17.1 Å². The van der Waals surface area contributed by atoms with Crippen LogP contribution < -0.4 is 35.3 Å². The molecule has 14 nitrogen and oxygen atoms in total. The number of nitrogens with one attached hydrogen (secondary N) is 2. The van der Waals surface area contributed by atoms with E-state index in [0.717, 1.165) is 46.0 Å². The van der Waals surface area contributed by atoms with E-state index in [1.807, 2.05) is 101 Å². The number of aliphatic hydroxyl groups excluding tert-OH is 1. The topological polar surface area (TPSA) is 154 Å². The van der Waals surface area contributed by atoms with Crippen molar-refractivity contribution in [2.45, 2.75) is 62.7 Å². The zero-order valence-corrected chi connectivity index (χ0v) is 37.4. The highest BCUT2D eigenvalue weighted by molar-refractivity contribution is 6.91. The molecule has 328 valence electrons. The fraction of sp³-hybridized carbons (Fsp3) is 0.396. The molecule has 0 bridgehead atoms. The minimum Gasteiger partial charge on any atom is -0.497 e. The number of nitrogens with zero attached hydrogens (tertiary/aromatic N) is 6. The lowest BCUT2D eigenvalue weighted by molar-refractivity contribution is -0.146. The lowest BCUT2D eigenvalue weighted by atomic mass is 9.82. The maximum atomic E-state index is 15.7. The lowest BCUT2D eigenvalue weighted by Gasteiger charge is -2.37. The molecule has 1 unspecified atom stereocenters. The number of rotatable bonds is 13. The standard InChI is InChI=1S/C48H56N8O6Si/c1-32-46(63(3,4)38-17-15-37(61-2)16-18-38)43(20-23-53-30-41(51-52-53)39(31-57)34-8-6-5-7-9-34)62-48(32)40-26-36(55-25-22-50-28-45(55)59)14-19-42(40)56(47(48)60)29-33-10-12-35(13-11-33)54-24-21-49-27-44(54)58/h5-19,26,30,32,39,43,46,49-50,57H,20-25,27-29,31H2,1-4H3/t32-,39?,43+,46-,48+/m1/s1. The van der Waals surface area contributed by atoms with Crippen molar-refractivity contribution in [1.82, 2.24) is 25.6 Å². The number of ether oxygens (including phenoxy) is 2. The number of methoxy groups -OCH3 is 1. The highest BCUT2D eigenvalue weighted by atomic mass is 28.3. The lowest BCUT2D eigenvalue weighted by Crippen LogP contribution is -2.52. The molecule has 3 fully saturated rings. The number of carbonyl (C=O) groups excluding carboxylic acids is 3. The summed E-state index contributed by atoms with van der Waals surface area (Å²) in [5, 5.41) is 27.0. The molecule has 5 heterocycles. The molecular formula is C48H56N8O6Si. The monoisotopic (exact) mass is 868 g/mol. The maximum Gasteiger partial charge on any atom is 0.264 e. The van der Waals surface area contributed by atoms with Gasteiger partial charge >= 0.3 is 0 Å². The van der Waals surface area contributed by atoms with E-state index in [9.17, 15) is 14.7 Å². The molecule has 63 heavy (non-hydrogen) atoms. The zero-order chi connectivity index (χ0) is 43.9. The van der Waals surface area contributed by atoms with E-state index < -0.39 is 13.7 Å². The van der Waals surface area contributed by atoms with Crippen molar-refractivity contribution in [3.8, 4) is 5.75 Å². The third-order valence-electron chi connectivity index (χ3n) is 13.8. The van der Waals surface area contributed by atoms with E-state index in [1.165, 1.54) is 5.19 Å². The number of aryl methyl sites for hydroxylation is 1. The Hall–Kier alpha value is -5.71. The number of hydrogen-bond acceptors (Lipinski definition) is 10. The molecule has 3 amide bonds. The zero-order valence-electron chi connectivity index (χ0n) is 36.4. The molecule has 4 aliphatic rings. The third kappa shape index (κ3) is 7.75. The van der Waals surface area contributed by atoms with Gasteiger partial charge in [0.25, 0.3) is 5.91 Å². The molecule has 3 N–H and O–H groups in total. The van der Waals surface area contributed by atoms with E-state index in [2.05, 4.69) is 53.1 Å². The average molecular weight is 869 g/mol. The molecule has 5 atom stereocenters. The highest BCUT2D eigenvalue weighted by Gasteiger charge is 2.66. The van der Waals surface area contributed by atoms with Gasteiger partial charge in [-0.2, -0.15) is 0 Å². The van der Waals surface area contributed by atoms with Gasteiger partial charge in [0, 0.05) is 61.8 Å². The fourth-order valence-corrected chi connectivity index (χ4v) is 14.6. The van der Waals surface area contributed by atoms with Crippen molar-refractivity contribution in [2.75, 3.05) is 67.7 Å². The number of anilines is 3. The van der Waals surface area contributed by atoms with Gasteiger partial charge in [0.1, 0.15) is 5.75 Å². The number of fused-ring (bicyclic) bond motifs is 2. The summed E-state index contributed by atoms with van der Waals surface area (Å²) in [6.07, 6.45) is 2.11. The van der Waals surface area contributed by atoms with Gasteiger partial charge in [-0.3, -0.25) is 19.1 Å². The summed E-state index contributed by atoms with van der Waals surface area (Å²) in [4.78, 5) is 47.1. The van der Waals surface area contributed by atoms with Crippen molar-refractivity contribution in [3.63, 3.8) is 0 Å². The molecular weight excluding hydrogens is 813 g/mol. The Morgan fingerprint density at radius 2 is 1.56 bits per heavy atom. The van der Waals surface area contributed by atoms with E-state index in [4.69, 9.17) is 9.47 Å². The Balaban J connectivity index is 1.09. The number of benzene rings is 4. The van der Waals surface area contributed by atoms with E-state index in [1.54, 1.807) is 16.9 Å². The number of aliphatic hydroxyl groups is 1. The Morgan fingerprint density at radius 3 is 2.21 bits per heavy atom. The predicted molar refractivity (Wildman–Crippen MR) is 244 cm³/mol. The first-order valence-corrected chi connectivity index (χ1v) is 25.1. The molecule has 9 rings (SSSR count). The Kier molecular flexibility index (Phi) is 11.8. The fourth-order valence-electron chi connectivity index (χ4n) is 10.5. The first-order valence-electron chi connectivity index (χ1n) is 22.0. The predicted octanol–water partition coefficient (Wildman–Crippen LogP) is 4.14. The van der Waals surface area contributed by atoms with E-state index in [-0.39, 0.29) is 54.4 Å². The maximum absolute atomic E-state index is 15.7. The molecule has 1 aromatic heterocycles. The van der Waals surface area contributed by atoms with Gasteiger partial charge in [-0.05, 0) is 65.6 Å². The normalized spacial score (nSPS) is 23.2. The summed E-state index contributed by atoms with van der Waals surface area (Å²) in [6, 6.07) is 32.0. The van der Waals surface area contributed by atoms with Gasteiger partial charge in [-0.1, -0.05) is 85.0 Å². The van der Waals surface area contributed by atoms with Gasteiger partial charge < -0.3 is 39.9 Å². The van der Waals surface area contributed by atoms with E-state index >= 15 is 4.79 Å². The van der Waals surface area contributed by atoms with Gasteiger partial charge in [-0.25, -0.2) is 0 Å². The van der Waals surface area contributed by atoms with E-state index in [0.29, 0.717) is 51.4 Å². The smallest absolute Gasteiger partial charge is 0.264 e. The van der Waals surface area contributed by atoms with Gasteiger partial charge in [-0.15, -0.1) is 5.10 Å². The van der Waals surface area contributed by atoms with Crippen LogP contribution in [0.3, 0.4) is 0 Å². The summed E-state index contributed by atoms with van der Waals surface area (Å²) in [5.74, 6) is 0.0910. The number of carbonyl (C=O) groups is 3. The molecule has 0 saturated carbocycles. The molecule has 15 heteroatoms. The van der Waals surface area contributed by atoms with Gasteiger partial charge in [0.2, 0.25) is 11.8 Å². The van der Waals surface area contributed by atoms with Crippen LogP contribution in [-0.4, -0.2) is 105 Å². The SMILES string of the molecule is COc1ccc([Si](C)(C)[C@H]2[C@H](CCn3cc(C(CO)c4ccccc4)nn3)O[C@@]3(C(=O)N(Cc4ccc(N5CCNCC5=O)cc4)c4ccc(N5CCNCC5=O)cc43)[C@@H]2C)cc1. The van der Waals surface area contributed by atoms with Crippen LogP contribution in [0, 0.1) is 5.92 Å². The van der Waals surface area contributed by atoms with Crippen LogP contribution in [0.25, 0.3) is 0 Å². The number of amides is 3. The van der Waals surface area contributed by atoms with Crippen molar-refractivity contribution in [3.05, 3.63) is 126 Å². The molecule has 0 radical (unpaired) electrons. The Morgan fingerprint density at radius 1 is 0.889 bits per heavy atom. The Bertz CT molecular complexity index is 2460. The van der Waals surface area contributed by atoms with Crippen molar-refractivity contribution in [1.29, 1.82) is 0 Å². The summed E-state index contributed by atoms with van der Waals surface area (Å²) >= 11 is 0. The van der Waals surface area contributed by atoms with Crippen LogP contribution in [0.15, 0.2) is 103 Å². The molecule has 3 saturated heterocycles. The van der Waals surface area contributed by atoms with Crippen LogP contribution in [0.1, 0.15) is 41.6 Å². The van der Waals surface area contributed by atoms with Crippen molar-refractivity contribution in [2.24, 2.45) is 5.92 Å². The number of hydrogen-bond donors (Lipinski definition) is 3. The number of aromatic nitrogens is 3. The highest BCUT2D eigenvalue weighted by Crippen LogP contribution is 2.60. The van der Waals surface area contributed by atoms with Crippen LogP contribution >= 0.6 is 0 Å². The average Bonchev–Trinajstić information content (AvgIpc) is 3.96. The summed E-state index contributed by atoms with van der Waals surface area (Å²) in [5.41, 5.74) is 4.31. The molecule has 4 aliphatic heterocycles. The van der Waals surface area contributed by atoms with Crippen LogP contribution in [0.5, 0.6) is 5.75 Å².